The van der Waals surface area contributed by atoms with Crippen molar-refractivity contribution in [3.63, 3.8) is 0 Å². The maximum absolute atomic E-state index is 13.7. The molecule has 0 saturated heterocycles. The summed E-state index contributed by atoms with van der Waals surface area (Å²) >= 11 is 5.89. The molecule has 1 amide bonds. The number of nitrogens with zero attached hydrogens (tertiary/aromatic N) is 3. The third-order valence-electron chi connectivity index (χ3n) is 4.26. The van der Waals surface area contributed by atoms with E-state index in [2.05, 4.69) is 10.4 Å². The molecule has 0 atom stereocenters. The van der Waals surface area contributed by atoms with Crippen LogP contribution in [0.5, 0.6) is 0 Å². The summed E-state index contributed by atoms with van der Waals surface area (Å²) in [5.41, 5.74) is 0.877. The molecule has 146 valence electrons. The molecule has 0 spiro atoms. The highest BCUT2D eigenvalue weighted by Gasteiger charge is 2.13. The first-order chi connectivity index (χ1) is 13.9. The summed E-state index contributed by atoms with van der Waals surface area (Å²) in [6, 6.07) is 11.3. The lowest BCUT2D eigenvalue weighted by atomic mass is 10.1. The van der Waals surface area contributed by atoms with Crippen LogP contribution >= 0.6 is 11.6 Å². The van der Waals surface area contributed by atoms with Gasteiger partial charge in [-0.25, -0.2) is 13.3 Å². The largest absolute Gasteiger partial charge is 0.322 e. The zero-order chi connectivity index (χ0) is 20.5. The molecule has 0 saturated carbocycles. The third-order valence-corrected chi connectivity index (χ3v) is 4.51. The Balaban J connectivity index is 1.60. The Morgan fingerprint density at radius 2 is 1.83 bits per heavy atom. The molecule has 0 aliphatic carbocycles. The number of carbonyl (C=O) groups excluding carboxylic acids is 1. The summed E-state index contributed by atoms with van der Waals surface area (Å²) in [5.74, 6) is -2.13. The molecule has 29 heavy (non-hydrogen) atoms. The molecular formula is C20H13ClF2N4O2. The van der Waals surface area contributed by atoms with Gasteiger partial charge >= 0.3 is 0 Å². The second-order valence-electron chi connectivity index (χ2n) is 6.27. The van der Waals surface area contributed by atoms with Gasteiger partial charge in [0.1, 0.15) is 23.7 Å². The van der Waals surface area contributed by atoms with Crippen LogP contribution in [-0.4, -0.2) is 20.1 Å². The average molecular weight is 415 g/mol. The lowest BCUT2D eigenvalue weighted by Crippen LogP contribution is -2.28. The van der Waals surface area contributed by atoms with Gasteiger partial charge in [-0.05, 0) is 30.3 Å². The van der Waals surface area contributed by atoms with Gasteiger partial charge in [0.2, 0.25) is 5.91 Å². The number of nitrogens with one attached hydrogen (secondary N) is 1. The molecule has 0 unspecified atom stereocenters. The Labute approximate surface area is 168 Å². The molecule has 4 rings (SSSR count). The van der Waals surface area contributed by atoms with Crippen molar-refractivity contribution < 1.29 is 13.6 Å². The smallest absolute Gasteiger partial charge is 0.277 e. The van der Waals surface area contributed by atoms with E-state index in [1.54, 1.807) is 30.3 Å². The first-order valence-electron chi connectivity index (χ1n) is 8.50. The van der Waals surface area contributed by atoms with Crippen molar-refractivity contribution in [2.24, 2.45) is 0 Å². The number of halogens is 3. The van der Waals surface area contributed by atoms with E-state index in [0.29, 0.717) is 10.7 Å². The van der Waals surface area contributed by atoms with E-state index >= 15 is 0 Å². The van der Waals surface area contributed by atoms with E-state index in [9.17, 15) is 18.4 Å². The molecule has 1 N–H and O–H groups in total. The normalized spacial score (nSPS) is 11.0. The number of hydrogen-bond donors (Lipinski definition) is 1. The molecule has 2 heterocycles. The predicted molar refractivity (Wildman–Crippen MR) is 105 cm³/mol. The fraction of sp³-hybridized carbons (Fsp3) is 0.0500. The van der Waals surface area contributed by atoms with Gasteiger partial charge in [-0.3, -0.25) is 9.59 Å². The summed E-state index contributed by atoms with van der Waals surface area (Å²) in [7, 11) is 0. The van der Waals surface area contributed by atoms with Crippen LogP contribution in [0.25, 0.3) is 16.8 Å². The first kappa shape index (κ1) is 18.8. The highest BCUT2D eigenvalue weighted by atomic mass is 35.5. The van der Waals surface area contributed by atoms with E-state index in [1.165, 1.54) is 16.9 Å². The van der Waals surface area contributed by atoms with Crippen LogP contribution in [0.4, 0.5) is 14.5 Å². The monoisotopic (exact) mass is 414 g/mol. The van der Waals surface area contributed by atoms with Crippen LogP contribution < -0.4 is 10.9 Å². The third kappa shape index (κ3) is 3.88. The number of anilines is 1. The number of aromatic nitrogens is 3. The van der Waals surface area contributed by atoms with Gasteiger partial charge in [0.25, 0.3) is 5.56 Å². The van der Waals surface area contributed by atoms with Gasteiger partial charge in [-0.1, -0.05) is 23.7 Å². The van der Waals surface area contributed by atoms with Crippen molar-refractivity contribution in [1.82, 2.24) is 14.2 Å². The molecular weight excluding hydrogens is 402 g/mol. The lowest BCUT2D eigenvalue weighted by molar-refractivity contribution is -0.116. The number of benzene rings is 2. The Hall–Kier alpha value is -3.52. The maximum atomic E-state index is 13.7. The van der Waals surface area contributed by atoms with Crippen molar-refractivity contribution in [3.8, 4) is 11.3 Å². The molecule has 0 fully saturated rings. The second kappa shape index (κ2) is 7.48. The minimum absolute atomic E-state index is 0.266. The van der Waals surface area contributed by atoms with Crippen LogP contribution in [0.1, 0.15) is 0 Å². The van der Waals surface area contributed by atoms with Crippen LogP contribution in [0, 0.1) is 11.6 Å². The fourth-order valence-corrected chi connectivity index (χ4v) is 2.98. The van der Waals surface area contributed by atoms with Gasteiger partial charge < -0.3 is 9.88 Å². The number of rotatable bonds is 4. The van der Waals surface area contributed by atoms with E-state index in [4.69, 9.17) is 11.6 Å². The quantitative estimate of drug-likeness (QED) is 0.553. The van der Waals surface area contributed by atoms with Crippen molar-refractivity contribution in [2.75, 3.05) is 5.32 Å². The molecule has 0 bridgehead atoms. The van der Waals surface area contributed by atoms with E-state index in [1.807, 2.05) is 0 Å². The van der Waals surface area contributed by atoms with Gasteiger partial charge in [0.15, 0.2) is 0 Å². The number of hydrogen-bond acceptors (Lipinski definition) is 3. The zero-order valence-corrected chi connectivity index (χ0v) is 15.5. The number of fused-ring (bicyclic) bond motifs is 1. The van der Waals surface area contributed by atoms with Crippen LogP contribution in [0.2, 0.25) is 5.02 Å². The minimum Gasteiger partial charge on any atom is -0.322 e. The molecule has 0 aliphatic heterocycles. The van der Waals surface area contributed by atoms with Crippen molar-refractivity contribution >= 4 is 28.7 Å². The highest BCUT2D eigenvalue weighted by Crippen LogP contribution is 2.21. The summed E-state index contributed by atoms with van der Waals surface area (Å²) in [5, 5.41) is 7.20. The first-order valence-corrected chi connectivity index (χ1v) is 8.88. The Bertz CT molecular complexity index is 1280. The van der Waals surface area contributed by atoms with E-state index < -0.39 is 23.1 Å². The standard InChI is InChI=1S/C20H13ClF2N4O2/c21-13-3-1-12(2-4-13)16-10-18-20(29)26(7-8-27(18)25-16)11-19(28)24-17-9-14(22)5-6-15(17)23/h1-10H,11H2,(H,24,28). The van der Waals surface area contributed by atoms with Crippen molar-refractivity contribution in [2.45, 2.75) is 6.54 Å². The SMILES string of the molecule is O=C(Cn1ccn2nc(-c3ccc(Cl)cc3)cc2c1=O)Nc1cc(F)ccc1F. The van der Waals surface area contributed by atoms with Crippen LogP contribution in [0.3, 0.4) is 0 Å². The Kier molecular flexibility index (Phi) is 4.85. The van der Waals surface area contributed by atoms with Gasteiger partial charge in [0.05, 0.1) is 11.4 Å². The number of carbonyl (C=O) groups is 1. The summed E-state index contributed by atoms with van der Waals surface area (Å²) in [6.45, 7) is -0.368. The van der Waals surface area contributed by atoms with Crippen molar-refractivity contribution in [3.05, 3.63) is 87.9 Å². The predicted octanol–water partition coefficient (Wildman–Crippen LogP) is 3.73. The van der Waals surface area contributed by atoms with Gasteiger partial charge in [0, 0.05) is 29.0 Å². The number of amides is 1. The molecule has 0 radical (unpaired) electrons. The molecule has 6 nitrogen and oxygen atoms in total. The summed E-state index contributed by atoms with van der Waals surface area (Å²) in [4.78, 5) is 24.9. The summed E-state index contributed by atoms with van der Waals surface area (Å²) in [6.07, 6.45) is 2.93. The van der Waals surface area contributed by atoms with E-state index in [0.717, 1.165) is 28.3 Å². The topological polar surface area (TPSA) is 68.4 Å². The summed E-state index contributed by atoms with van der Waals surface area (Å²) < 4.78 is 29.5. The lowest BCUT2D eigenvalue weighted by Gasteiger charge is -2.08. The minimum atomic E-state index is -0.772. The Morgan fingerprint density at radius 1 is 1.07 bits per heavy atom. The van der Waals surface area contributed by atoms with Gasteiger partial charge in [-0.2, -0.15) is 5.10 Å². The van der Waals surface area contributed by atoms with Gasteiger partial charge in [-0.15, -0.1) is 0 Å². The van der Waals surface area contributed by atoms with E-state index in [-0.39, 0.29) is 17.7 Å². The van der Waals surface area contributed by atoms with Crippen LogP contribution in [0.15, 0.2) is 65.7 Å². The molecule has 4 aromatic rings. The second-order valence-corrected chi connectivity index (χ2v) is 6.71. The molecule has 0 aliphatic rings. The Morgan fingerprint density at radius 3 is 2.59 bits per heavy atom. The molecule has 9 heteroatoms. The average Bonchev–Trinajstić information content (AvgIpc) is 3.13. The van der Waals surface area contributed by atoms with Crippen molar-refractivity contribution in [1.29, 1.82) is 0 Å². The maximum Gasteiger partial charge on any atom is 0.277 e. The molecule has 2 aromatic heterocycles. The molecule has 2 aromatic carbocycles. The fourth-order valence-electron chi connectivity index (χ4n) is 2.85. The van der Waals surface area contributed by atoms with Crippen LogP contribution in [-0.2, 0) is 11.3 Å². The highest BCUT2D eigenvalue weighted by molar-refractivity contribution is 6.30. The zero-order valence-electron chi connectivity index (χ0n) is 14.8.